The Morgan fingerprint density at radius 2 is 2.11 bits per heavy atom. The maximum Gasteiger partial charge on any atom is 0.310 e. The average molecular weight is 251 g/mol. The van der Waals surface area contributed by atoms with Crippen molar-refractivity contribution in [2.24, 2.45) is 5.41 Å². The number of carboxylic acids is 1. The van der Waals surface area contributed by atoms with Crippen molar-refractivity contribution in [2.45, 2.75) is 27.3 Å². The van der Waals surface area contributed by atoms with Gasteiger partial charge in [0, 0.05) is 18.7 Å². The standard InChI is InChI=1S/C14H21NO3/c1-10-5-6-12(18-4)11(7-10)8-15-9-14(2,3)13(16)17/h5-7,15H,8-9H2,1-4H3,(H,16,17). The molecule has 0 spiro atoms. The zero-order valence-corrected chi connectivity index (χ0v) is 11.4. The first-order valence-electron chi connectivity index (χ1n) is 5.94. The number of aryl methyl sites for hydroxylation is 1. The molecule has 0 aliphatic rings. The number of rotatable bonds is 6. The van der Waals surface area contributed by atoms with E-state index in [4.69, 9.17) is 9.84 Å². The van der Waals surface area contributed by atoms with Crippen LogP contribution in [0.1, 0.15) is 25.0 Å². The van der Waals surface area contributed by atoms with E-state index < -0.39 is 11.4 Å². The van der Waals surface area contributed by atoms with Crippen LogP contribution in [0.3, 0.4) is 0 Å². The molecule has 4 heteroatoms. The van der Waals surface area contributed by atoms with E-state index in [9.17, 15) is 4.79 Å². The zero-order valence-electron chi connectivity index (χ0n) is 11.4. The second-order valence-corrected chi connectivity index (χ2v) is 5.11. The van der Waals surface area contributed by atoms with E-state index in [0.29, 0.717) is 13.1 Å². The first-order valence-corrected chi connectivity index (χ1v) is 5.94. The average Bonchev–Trinajstić information content (AvgIpc) is 2.29. The van der Waals surface area contributed by atoms with Gasteiger partial charge in [0.1, 0.15) is 5.75 Å². The molecule has 18 heavy (non-hydrogen) atoms. The Bertz CT molecular complexity index is 427. The molecule has 0 aliphatic carbocycles. The third-order valence-corrected chi connectivity index (χ3v) is 2.90. The van der Waals surface area contributed by atoms with E-state index in [1.54, 1.807) is 21.0 Å². The number of carbonyl (C=O) groups is 1. The molecule has 0 unspecified atom stereocenters. The van der Waals surface area contributed by atoms with Crippen LogP contribution in [0.4, 0.5) is 0 Å². The summed E-state index contributed by atoms with van der Waals surface area (Å²) in [5, 5.41) is 12.2. The van der Waals surface area contributed by atoms with Crippen LogP contribution in [-0.4, -0.2) is 24.7 Å². The van der Waals surface area contributed by atoms with Gasteiger partial charge < -0.3 is 15.2 Å². The predicted molar refractivity (Wildman–Crippen MR) is 70.9 cm³/mol. The van der Waals surface area contributed by atoms with Gasteiger partial charge in [-0.2, -0.15) is 0 Å². The van der Waals surface area contributed by atoms with Gasteiger partial charge in [-0.25, -0.2) is 0 Å². The third-order valence-electron chi connectivity index (χ3n) is 2.90. The minimum atomic E-state index is -0.800. The lowest BCUT2D eigenvalue weighted by Crippen LogP contribution is -2.35. The molecule has 1 aromatic carbocycles. The molecule has 100 valence electrons. The van der Waals surface area contributed by atoms with E-state index in [-0.39, 0.29) is 0 Å². The summed E-state index contributed by atoms with van der Waals surface area (Å²) in [5.74, 6) is 0.0208. The first-order chi connectivity index (χ1) is 8.36. The van der Waals surface area contributed by atoms with Crippen molar-refractivity contribution in [2.75, 3.05) is 13.7 Å². The molecule has 0 bridgehead atoms. The minimum Gasteiger partial charge on any atom is -0.496 e. The van der Waals surface area contributed by atoms with Crippen LogP contribution in [0, 0.1) is 12.3 Å². The van der Waals surface area contributed by atoms with Gasteiger partial charge in [-0.3, -0.25) is 4.79 Å². The second kappa shape index (κ2) is 5.87. The summed E-state index contributed by atoms with van der Waals surface area (Å²) in [5.41, 5.74) is 1.43. The summed E-state index contributed by atoms with van der Waals surface area (Å²) in [4.78, 5) is 11.0. The number of nitrogens with one attached hydrogen (secondary N) is 1. The largest absolute Gasteiger partial charge is 0.496 e. The molecule has 4 nitrogen and oxygen atoms in total. The molecule has 0 amide bonds. The molecule has 0 saturated carbocycles. The van der Waals surface area contributed by atoms with Crippen LogP contribution in [0.25, 0.3) is 0 Å². The van der Waals surface area contributed by atoms with E-state index >= 15 is 0 Å². The van der Waals surface area contributed by atoms with Crippen LogP contribution < -0.4 is 10.1 Å². The SMILES string of the molecule is COc1ccc(C)cc1CNCC(C)(C)C(=O)O. The zero-order chi connectivity index (χ0) is 13.8. The van der Waals surface area contributed by atoms with Gasteiger partial charge in [-0.15, -0.1) is 0 Å². The molecular formula is C14H21NO3. The van der Waals surface area contributed by atoms with Crippen molar-refractivity contribution < 1.29 is 14.6 Å². The fourth-order valence-electron chi connectivity index (χ4n) is 1.63. The van der Waals surface area contributed by atoms with Crippen LogP contribution in [0.5, 0.6) is 5.75 Å². The normalized spacial score (nSPS) is 11.3. The Kier molecular flexibility index (Phi) is 4.73. The highest BCUT2D eigenvalue weighted by Crippen LogP contribution is 2.20. The summed E-state index contributed by atoms with van der Waals surface area (Å²) in [7, 11) is 1.63. The molecule has 0 radical (unpaired) electrons. The summed E-state index contributed by atoms with van der Waals surface area (Å²) in [6.45, 7) is 6.44. The van der Waals surface area contributed by atoms with Crippen LogP contribution in [0.2, 0.25) is 0 Å². The molecule has 0 atom stereocenters. The Morgan fingerprint density at radius 3 is 2.67 bits per heavy atom. The monoisotopic (exact) mass is 251 g/mol. The highest BCUT2D eigenvalue weighted by atomic mass is 16.5. The van der Waals surface area contributed by atoms with Crippen LogP contribution >= 0.6 is 0 Å². The summed E-state index contributed by atoms with van der Waals surface area (Å²) >= 11 is 0. The Morgan fingerprint density at radius 1 is 1.44 bits per heavy atom. The smallest absolute Gasteiger partial charge is 0.310 e. The number of aliphatic carboxylic acids is 1. The lowest BCUT2D eigenvalue weighted by molar-refractivity contribution is -0.146. The van der Waals surface area contributed by atoms with Crippen molar-refractivity contribution in [3.05, 3.63) is 29.3 Å². The molecule has 1 aromatic rings. The topological polar surface area (TPSA) is 58.6 Å². The Labute approximate surface area is 108 Å². The third kappa shape index (κ3) is 3.74. The van der Waals surface area contributed by atoms with Gasteiger partial charge in [-0.1, -0.05) is 17.7 Å². The summed E-state index contributed by atoms with van der Waals surface area (Å²) in [6.07, 6.45) is 0. The van der Waals surface area contributed by atoms with Gasteiger partial charge in [0.25, 0.3) is 0 Å². The number of methoxy groups -OCH3 is 1. The Hall–Kier alpha value is -1.55. The summed E-state index contributed by atoms with van der Waals surface area (Å²) < 4.78 is 5.27. The maximum atomic E-state index is 11.0. The molecular weight excluding hydrogens is 230 g/mol. The minimum absolute atomic E-state index is 0.416. The van der Waals surface area contributed by atoms with Gasteiger partial charge >= 0.3 is 5.97 Å². The summed E-state index contributed by atoms with van der Waals surface area (Å²) in [6, 6.07) is 5.96. The molecule has 0 aromatic heterocycles. The number of benzene rings is 1. The molecule has 0 saturated heterocycles. The molecule has 2 N–H and O–H groups in total. The highest BCUT2D eigenvalue weighted by Gasteiger charge is 2.26. The molecule has 0 aliphatic heterocycles. The fourth-order valence-corrected chi connectivity index (χ4v) is 1.63. The molecule has 0 heterocycles. The fraction of sp³-hybridized carbons (Fsp3) is 0.500. The highest BCUT2D eigenvalue weighted by molar-refractivity contribution is 5.73. The lowest BCUT2D eigenvalue weighted by Gasteiger charge is -2.20. The quantitative estimate of drug-likeness (QED) is 0.813. The van der Waals surface area contributed by atoms with E-state index in [0.717, 1.165) is 16.9 Å². The van der Waals surface area contributed by atoms with Crippen molar-refractivity contribution in [1.29, 1.82) is 0 Å². The predicted octanol–water partition coefficient (Wildman–Crippen LogP) is 2.20. The number of ether oxygens (including phenoxy) is 1. The van der Waals surface area contributed by atoms with Crippen molar-refractivity contribution in [1.82, 2.24) is 5.32 Å². The Balaban J connectivity index is 2.64. The van der Waals surface area contributed by atoms with Crippen molar-refractivity contribution >= 4 is 5.97 Å². The number of hydrogen-bond acceptors (Lipinski definition) is 3. The second-order valence-electron chi connectivity index (χ2n) is 5.11. The first kappa shape index (κ1) is 14.5. The van der Waals surface area contributed by atoms with Gasteiger partial charge in [-0.05, 0) is 26.8 Å². The van der Waals surface area contributed by atoms with E-state index in [1.165, 1.54) is 0 Å². The van der Waals surface area contributed by atoms with Crippen molar-refractivity contribution in [3.63, 3.8) is 0 Å². The van der Waals surface area contributed by atoms with Crippen LogP contribution in [-0.2, 0) is 11.3 Å². The maximum absolute atomic E-state index is 11.0. The molecule has 0 fully saturated rings. The van der Waals surface area contributed by atoms with Crippen molar-refractivity contribution in [3.8, 4) is 5.75 Å². The van der Waals surface area contributed by atoms with Crippen LogP contribution in [0.15, 0.2) is 18.2 Å². The van der Waals surface area contributed by atoms with Gasteiger partial charge in [0.2, 0.25) is 0 Å². The number of carboxylic acid groups (broad SMARTS) is 1. The van der Waals surface area contributed by atoms with Gasteiger partial charge in [0.05, 0.1) is 12.5 Å². The van der Waals surface area contributed by atoms with Gasteiger partial charge in [0.15, 0.2) is 0 Å². The molecule has 1 rings (SSSR count). The lowest BCUT2D eigenvalue weighted by atomic mass is 9.94. The van der Waals surface area contributed by atoms with E-state index in [1.807, 2.05) is 25.1 Å². The number of hydrogen-bond donors (Lipinski definition) is 2. The van der Waals surface area contributed by atoms with E-state index in [2.05, 4.69) is 5.32 Å².